The number of hydrogen-bond acceptors (Lipinski definition) is 0. The van der Waals surface area contributed by atoms with Crippen molar-refractivity contribution in [2.75, 3.05) is 0 Å². The van der Waals surface area contributed by atoms with Crippen molar-refractivity contribution in [2.45, 2.75) is 0 Å². The third kappa shape index (κ3) is 9.40. The minimum atomic E-state index is 0. The summed E-state index contributed by atoms with van der Waals surface area (Å²) >= 11 is 11.3. The van der Waals surface area contributed by atoms with Gasteiger partial charge in [-0.15, -0.1) is 43.3 Å². The standard InChI is InChI=1S/2C6H6ClP.2ClH/c2*7-5-2-1-3-6(8)4-5;;/h2*1-4H,8H2;2*1H. The average Bonchev–Trinajstić information content (AvgIpc) is 2.17. The lowest BCUT2D eigenvalue weighted by molar-refractivity contribution is 1.77. The highest BCUT2D eigenvalue weighted by Gasteiger charge is 1.83. The topological polar surface area (TPSA) is 0 Å². The maximum atomic E-state index is 5.63. The van der Waals surface area contributed by atoms with Crippen LogP contribution >= 0.6 is 66.5 Å². The molecule has 0 aromatic heterocycles. The first-order valence-electron chi connectivity index (χ1n) is 4.60. The van der Waals surface area contributed by atoms with Crippen molar-refractivity contribution in [2.24, 2.45) is 0 Å². The van der Waals surface area contributed by atoms with Gasteiger partial charge in [0.25, 0.3) is 0 Å². The number of halogens is 4. The zero-order valence-electron chi connectivity index (χ0n) is 9.35. The zero-order chi connectivity index (χ0) is 12.0. The summed E-state index contributed by atoms with van der Waals surface area (Å²) in [4.78, 5) is 0. The van der Waals surface area contributed by atoms with Crippen molar-refractivity contribution in [1.82, 2.24) is 0 Å². The molecule has 0 aliphatic rings. The van der Waals surface area contributed by atoms with Gasteiger partial charge in [0.15, 0.2) is 0 Å². The van der Waals surface area contributed by atoms with Gasteiger partial charge in [0, 0.05) is 10.0 Å². The molecule has 0 aliphatic heterocycles. The zero-order valence-corrected chi connectivity index (χ0v) is 14.8. The van der Waals surface area contributed by atoms with Crippen LogP contribution in [0.1, 0.15) is 0 Å². The van der Waals surface area contributed by atoms with Crippen molar-refractivity contribution >= 4 is 77.1 Å². The molecule has 2 unspecified atom stereocenters. The van der Waals surface area contributed by atoms with Gasteiger partial charge in [-0.1, -0.05) is 47.5 Å². The quantitative estimate of drug-likeness (QED) is 0.605. The Hall–Kier alpha value is 0.460. The Balaban J connectivity index is 0. The van der Waals surface area contributed by atoms with E-state index >= 15 is 0 Å². The molecular formula is C12H14Cl4P2. The van der Waals surface area contributed by atoms with E-state index in [1.807, 2.05) is 48.5 Å². The lowest BCUT2D eigenvalue weighted by atomic mass is 10.4. The first-order valence-corrected chi connectivity index (χ1v) is 6.51. The fourth-order valence-corrected chi connectivity index (χ4v) is 2.20. The summed E-state index contributed by atoms with van der Waals surface area (Å²) in [7, 11) is 5.16. The van der Waals surface area contributed by atoms with Crippen molar-refractivity contribution in [3.05, 3.63) is 58.6 Å². The molecule has 0 N–H and O–H groups in total. The molecule has 2 rings (SSSR count). The number of rotatable bonds is 0. The fraction of sp³-hybridized carbons (Fsp3) is 0. The SMILES string of the molecule is Cl.Cl.Pc1cccc(Cl)c1.Pc1cccc(Cl)c1. The molecule has 0 heterocycles. The van der Waals surface area contributed by atoms with Crippen LogP contribution in [-0.2, 0) is 0 Å². The Morgan fingerprint density at radius 1 is 0.667 bits per heavy atom. The molecule has 18 heavy (non-hydrogen) atoms. The van der Waals surface area contributed by atoms with E-state index in [1.165, 1.54) is 0 Å². The van der Waals surface area contributed by atoms with E-state index in [4.69, 9.17) is 23.2 Å². The molecule has 0 nitrogen and oxygen atoms in total. The molecule has 0 fully saturated rings. The molecule has 0 radical (unpaired) electrons. The highest BCUT2D eigenvalue weighted by atomic mass is 35.5. The summed E-state index contributed by atoms with van der Waals surface area (Å²) in [5.41, 5.74) is 0. The number of benzene rings is 2. The maximum Gasteiger partial charge on any atom is 0.0412 e. The Morgan fingerprint density at radius 3 is 1.17 bits per heavy atom. The molecule has 0 bridgehead atoms. The van der Waals surface area contributed by atoms with Crippen LogP contribution in [0.5, 0.6) is 0 Å². The van der Waals surface area contributed by atoms with Crippen LogP contribution in [-0.4, -0.2) is 0 Å². The summed E-state index contributed by atoms with van der Waals surface area (Å²) in [5.74, 6) is 0. The molecule has 0 aliphatic carbocycles. The van der Waals surface area contributed by atoms with Crippen molar-refractivity contribution in [3.8, 4) is 0 Å². The van der Waals surface area contributed by atoms with Gasteiger partial charge >= 0.3 is 0 Å². The van der Waals surface area contributed by atoms with E-state index < -0.39 is 0 Å². The van der Waals surface area contributed by atoms with Crippen LogP contribution in [0.15, 0.2) is 48.5 Å². The average molecular weight is 362 g/mol. The molecule has 2 aromatic rings. The lowest BCUT2D eigenvalue weighted by Gasteiger charge is -1.88. The first-order chi connectivity index (χ1) is 7.58. The Kier molecular flexibility index (Phi) is 13.0. The highest BCUT2D eigenvalue weighted by molar-refractivity contribution is 7.27. The third-order valence-corrected chi connectivity index (χ3v) is 2.89. The molecular weight excluding hydrogens is 348 g/mol. The Labute approximate surface area is 135 Å². The summed E-state index contributed by atoms with van der Waals surface area (Å²) in [6.07, 6.45) is 0. The van der Waals surface area contributed by atoms with Crippen molar-refractivity contribution in [1.29, 1.82) is 0 Å². The highest BCUT2D eigenvalue weighted by Crippen LogP contribution is 2.05. The van der Waals surface area contributed by atoms with Crippen LogP contribution in [0.25, 0.3) is 0 Å². The third-order valence-electron chi connectivity index (χ3n) is 1.70. The van der Waals surface area contributed by atoms with Gasteiger partial charge in [0.2, 0.25) is 0 Å². The minimum absolute atomic E-state index is 0. The molecule has 0 amide bonds. The van der Waals surface area contributed by atoms with Gasteiger partial charge in [-0.05, 0) is 34.9 Å². The maximum absolute atomic E-state index is 5.63. The van der Waals surface area contributed by atoms with E-state index in [9.17, 15) is 0 Å². The van der Waals surface area contributed by atoms with Gasteiger partial charge in [0.05, 0.1) is 0 Å². The Bertz CT molecular complexity index is 385. The summed E-state index contributed by atoms with van der Waals surface area (Å²) in [6.45, 7) is 0. The normalized spacial score (nSPS) is 8.22. The van der Waals surface area contributed by atoms with Gasteiger partial charge < -0.3 is 0 Å². The second-order valence-electron chi connectivity index (χ2n) is 3.11. The smallest absolute Gasteiger partial charge is 0.0412 e. The predicted octanol–water partition coefficient (Wildman–Crippen LogP) is 4.52. The molecule has 0 saturated heterocycles. The van der Waals surface area contributed by atoms with Crippen LogP contribution in [0.3, 0.4) is 0 Å². The van der Waals surface area contributed by atoms with Gasteiger partial charge in [-0.25, -0.2) is 0 Å². The van der Waals surface area contributed by atoms with Crippen LogP contribution in [0.4, 0.5) is 0 Å². The number of hydrogen-bond donors (Lipinski definition) is 0. The summed E-state index contributed by atoms with van der Waals surface area (Å²) < 4.78 is 0. The van der Waals surface area contributed by atoms with E-state index in [1.54, 1.807) is 0 Å². The monoisotopic (exact) mass is 360 g/mol. The first kappa shape index (κ1) is 20.8. The van der Waals surface area contributed by atoms with Crippen LogP contribution < -0.4 is 10.6 Å². The second kappa shape index (κ2) is 11.3. The van der Waals surface area contributed by atoms with Crippen LogP contribution in [0.2, 0.25) is 10.0 Å². The van der Waals surface area contributed by atoms with Gasteiger partial charge in [-0.3, -0.25) is 0 Å². The molecule has 2 aromatic carbocycles. The largest absolute Gasteiger partial charge is 0.147 e. The van der Waals surface area contributed by atoms with Gasteiger partial charge in [0.1, 0.15) is 0 Å². The van der Waals surface area contributed by atoms with Crippen LogP contribution in [0, 0.1) is 0 Å². The van der Waals surface area contributed by atoms with E-state index in [0.717, 1.165) is 20.7 Å². The summed E-state index contributed by atoms with van der Waals surface area (Å²) in [6, 6.07) is 15.3. The second-order valence-corrected chi connectivity index (χ2v) is 5.32. The molecule has 2 atom stereocenters. The van der Waals surface area contributed by atoms with Crippen molar-refractivity contribution in [3.63, 3.8) is 0 Å². The fourth-order valence-electron chi connectivity index (χ4n) is 1.01. The lowest BCUT2D eigenvalue weighted by Crippen LogP contribution is -1.84. The Morgan fingerprint density at radius 2 is 1.00 bits per heavy atom. The minimum Gasteiger partial charge on any atom is -0.147 e. The van der Waals surface area contributed by atoms with E-state index in [-0.39, 0.29) is 24.8 Å². The van der Waals surface area contributed by atoms with E-state index in [2.05, 4.69) is 18.5 Å². The molecule has 0 spiro atoms. The molecule has 100 valence electrons. The summed E-state index contributed by atoms with van der Waals surface area (Å²) in [5, 5.41) is 3.82. The predicted molar refractivity (Wildman–Crippen MR) is 96.1 cm³/mol. The van der Waals surface area contributed by atoms with Gasteiger partial charge in [-0.2, -0.15) is 0 Å². The molecule has 6 heteroatoms. The molecule has 0 saturated carbocycles. The van der Waals surface area contributed by atoms with Crippen molar-refractivity contribution < 1.29 is 0 Å². The van der Waals surface area contributed by atoms with E-state index in [0.29, 0.717) is 0 Å².